The fourth-order valence-electron chi connectivity index (χ4n) is 1.78. The Morgan fingerprint density at radius 2 is 2.43 bits per heavy atom. The maximum Gasteiger partial charge on any atom is 0.0968 e. The summed E-state index contributed by atoms with van der Waals surface area (Å²) in [4.78, 5) is 4.61. The van der Waals surface area contributed by atoms with Crippen molar-refractivity contribution >= 4 is 5.71 Å². The molecule has 0 amide bonds. The second-order valence-electron chi connectivity index (χ2n) is 4.25. The Morgan fingerprint density at radius 1 is 1.64 bits per heavy atom. The van der Waals surface area contributed by atoms with Gasteiger partial charge in [0.15, 0.2) is 0 Å². The van der Waals surface area contributed by atoms with Crippen LogP contribution >= 0.6 is 0 Å². The Labute approximate surface area is 85.2 Å². The summed E-state index contributed by atoms with van der Waals surface area (Å²) in [5.41, 5.74) is 1.36. The number of rotatable bonds is 4. The smallest absolute Gasteiger partial charge is 0.0968 e. The number of ether oxygens (including phenoxy) is 1. The number of hydrogen-bond donors (Lipinski definition) is 1. The Morgan fingerprint density at radius 3 is 2.93 bits per heavy atom. The molecule has 1 atom stereocenters. The number of aliphatic imine (C=N–C) groups is 1. The minimum atomic E-state index is 0.145. The predicted octanol–water partition coefficient (Wildman–Crippen LogP) is 1.36. The molecule has 0 spiro atoms. The summed E-state index contributed by atoms with van der Waals surface area (Å²) < 4.78 is 5.04. The summed E-state index contributed by atoms with van der Waals surface area (Å²) in [5, 5.41) is 3.40. The number of hydrogen-bond acceptors (Lipinski definition) is 3. The van der Waals surface area contributed by atoms with Gasteiger partial charge in [-0.15, -0.1) is 0 Å². The molecule has 1 fully saturated rings. The van der Waals surface area contributed by atoms with Crippen molar-refractivity contribution in [2.75, 3.05) is 20.4 Å². The van der Waals surface area contributed by atoms with Crippen LogP contribution in [0.4, 0.5) is 0 Å². The molecule has 0 radical (unpaired) electrons. The van der Waals surface area contributed by atoms with E-state index in [1.807, 2.05) is 0 Å². The molecule has 0 aromatic heterocycles. The molecule has 0 aromatic rings. The van der Waals surface area contributed by atoms with Crippen LogP contribution in [-0.4, -0.2) is 31.6 Å². The van der Waals surface area contributed by atoms with Gasteiger partial charge in [0.25, 0.3) is 0 Å². The van der Waals surface area contributed by atoms with Crippen LogP contribution in [0.15, 0.2) is 17.1 Å². The molecule has 0 saturated heterocycles. The molecule has 2 aliphatic rings. The van der Waals surface area contributed by atoms with Crippen LogP contribution in [0.1, 0.15) is 19.8 Å². The summed E-state index contributed by atoms with van der Waals surface area (Å²) in [7, 11) is 1.71. The fourth-order valence-corrected chi connectivity index (χ4v) is 1.78. The lowest BCUT2D eigenvalue weighted by Crippen LogP contribution is -2.40. The van der Waals surface area contributed by atoms with E-state index in [1.165, 1.54) is 18.6 Å². The minimum Gasteiger partial charge on any atom is -0.370 e. The van der Waals surface area contributed by atoms with Gasteiger partial charge in [-0.05, 0) is 24.8 Å². The summed E-state index contributed by atoms with van der Waals surface area (Å²) in [6.45, 7) is 3.74. The van der Waals surface area contributed by atoms with E-state index < -0.39 is 0 Å². The zero-order chi connectivity index (χ0) is 10.0. The molecule has 0 bridgehead atoms. The largest absolute Gasteiger partial charge is 0.370 e. The Hall–Kier alpha value is -0.670. The van der Waals surface area contributed by atoms with E-state index in [4.69, 9.17) is 4.74 Å². The van der Waals surface area contributed by atoms with E-state index >= 15 is 0 Å². The lowest BCUT2D eigenvalue weighted by molar-refractivity contribution is 0.168. The quantitative estimate of drug-likeness (QED) is 0.686. The zero-order valence-electron chi connectivity index (χ0n) is 8.92. The molecule has 0 unspecified atom stereocenters. The third-order valence-electron chi connectivity index (χ3n) is 2.93. The van der Waals surface area contributed by atoms with Gasteiger partial charge < -0.3 is 4.74 Å². The lowest BCUT2D eigenvalue weighted by Gasteiger charge is -2.20. The number of nitrogens with zero attached hydrogens (tertiary/aromatic N) is 1. The molecular weight excluding hydrogens is 176 g/mol. The van der Waals surface area contributed by atoms with Gasteiger partial charge >= 0.3 is 0 Å². The monoisotopic (exact) mass is 194 g/mol. The van der Waals surface area contributed by atoms with Crippen molar-refractivity contribution < 1.29 is 4.74 Å². The molecule has 1 heterocycles. The van der Waals surface area contributed by atoms with Crippen LogP contribution in [-0.2, 0) is 4.74 Å². The second-order valence-corrected chi connectivity index (χ2v) is 4.25. The first-order valence-electron chi connectivity index (χ1n) is 5.24. The fraction of sp³-hybridized carbons (Fsp3) is 0.727. The summed E-state index contributed by atoms with van der Waals surface area (Å²) in [5.74, 6) is 0.594. The van der Waals surface area contributed by atoms with Crippen LogP contribution in [0, 0.1) is 5.92 Å². The van der Waals surface area contributed by atoms with Gasteiger partial charge in [-0.25, -0.2) is 0 Å². The van der Waals surface area contributed by atoms with Crippen molar-refractivity contribution in [2.24, 2.45) is 10.9 Å². The van der Waals surface area contributed by atoms with Crippen molar-refractivity contribution in [1.82, 2.24) is 5.32 Å². The molecule has 14 heavy (non-hydrogen) atoms. The maximum atomic E-state index is 5.04. The van der Waals surface area contributed by atoms with E-state index in [-0.39, 0.29) is 5.54 Å². The molecule has 2 rings (SSSR count). The van der Waals surface area contributed by atoms with E-state index in [0.29, 0.717) is 12.6 Å². The van der Waals surface area contributed by atoms with E-state index in [2.05, 4.69) is 29.4 Å². The summed E-state index contributed by atoms with van der Waals surface area (Å²) in [6, 6.07) is 0. The van der Waals surface area contributed by atoms with Crippen molar-refractivity contribution in [3.8, 4) is 0 Å². The van der Waals surface area contributed by atoms with E-state index in [1.54, 1.807) is 7.11 Å². The first-order valence-corrected chi connectivity index (χ1v) is 5.24. The second kappa shape index (κ2) is 3.83. The van der Waals surface area contributed by atoms with E-state index in [9.17, 15) is 0 Å². The van der Waals surface area contributed by atoms with E-state index in [0.717, 1.165) is 6.54 Å². The van der Waals surface area contributed by atoms with Gasteiger partial charge in [-0.2, -0.15) is 0 Å². The molecule has 0 aromatic carbocycles. The summed E-state index contributed by atoms with van der Waals surface area (Å²) >= 11 is 0. The van der Waals surface area contributed by atoms with Gasteiger partial charge in [-0.1, -0.05) is 13.0 Å². The van der Waals surface area contributed by atoms with Crippen LogP contribution in [0.2, 0.25) is 0 Å². The first kappa shape index (κ1) is 9.87. The molecule has 1 N–H and O–H groups in total. The number of nitrogens with one attached hydrogen (secondary N) is 1. The normalized spacial score (nSPS) is 28.7. The average molecular weight is 194 g/mol. The van der Waals surface area contributed by atoms with Crippen molar-refractivity contribution in [2.45, 2.75) is 25.3 Å². The number of methoxy groups -OCH3 is 1. The molecule has 3 nitrogen and oxygen atoms in total. The lowest BCUT2D eigenvalue weighted by atomic mass is 10.0. The van der Waals surface area contributed by atoms with Gasteiger partial charge in [0.2, 0.25) is 0 Å². The van der Waals surface area contributed by atoms with Gasteiger partial charge in [0.1, 0.15) is 0 Å². The summed E-state index contributed by atoms with van der Waals surface area (Å²) in [6.07, 6.45) is 6.79. The number of dihydropyridines is 1. The third kappa shape index (κ3) is 1.88. The van der Waals surface area contributed by atoms with Crippen molar-refractivity contribution in [3.05, 3.63) is 12.2 Å². The first-order chi connectivity index (χ1) is 6.77. The maximum absolute atomic E-state index is 5.04. The van der Waals surface area contributed by atoms with Crippen molar-refractivity contribution in [3.63, 3.8) is 0 Å². The molecule has 1 aliphatic carbocycles. The average Bonchev–Trinajstić information content (AvgIpc) is 2.97. The van der Waals surface area contributed by atoms with Crippen LogP contribution < -0.4 is 5.32 Å². The standard InChI is InChI=1S/C11H18N2O/c1-9-3-4-10(12-7-9)11(5-6-11)13-8-14-2/h3-4,9,13H,5-8H2,1-2H3/t9-/m0/s1. The molecule has 1 aliphatic heterocycles. The van der Waals surface area contributed by atoms with Gasteiger partial charge in [0.05, 0.1) is 18.0 Å². The topological polar surface area (TPSA) is 33.6 Å². The van der Waals surface area contributed by atoms with Crippen molar-refractivity contribution in [1.29, 1.82) is 0 Å². The minimum absolute atomic E-state index is 0.145. The highest BCUT2D eigenvalue weighted by Crippen LogP contribution is 2.38. The molecular formula is C11H18N2O. The highest BCUT2D eigenvalue weighted by Gasteiger charge is 2.46. The Bertz CT molecular complexity index is 266. The highest BCUT2D eigenvalue weighted by atomic mass is 16.5. The van der Waals surface area contributed by atoms with Crippen LogP contribution in [0.5, 0.6) is 0 Å². The zero-order valence-corrected chi connectivity index (χ0v) is 8.92. The SMILES string of the molecule is COCNC1(C2=NC[C@@H](C)C=C2)CC1. The molecule has 1 saturated carbocycles. The van der Waals surface area contributed by atoms with Crippen LogP contribution in [0.25, 0.3) is 0 Å². The predicted molar refractivity (Wildman–Crippen MR) is 57.6 cm³/mol. The molecule has 3 heteroatoms. The molecule has 78 valence electrons. The Balaban J connectivity index is 1.98. The third-order valence-corrected chi connectivity index (χ3v) is 2.93. The Kier molecular flexibility index (Phi) is 2.70. The van der Waals surface area contributed by atoms with Gasteiger partial charge in [0, 0.05) is 13.7 Å². The highest BCUT2D eigenvalue weighted by molar-refractivity contribution is 6.05. The van der Waals surface area contributed by atoms with Gasteiger partial charge in [-0.3, -0.25) is 10.3 Å². The van der Waals surface area contributed by atoms with Crippen LogP contribution in [0.3, 0.4) is 0 Å².